The van der Waals surface area contributed by atoms with Gasteiger partial charge in [0, 0.05) is 12.0 Å². The van der Waals surface area contributed by atoms with E-state index in [1.807, 2.05) is 12.2 Å². The number of nitrogens with two attached hydrogens (primary N) is 1. The van der Waals surface area contributed by atoms with Crippen LogP contribution in [0, 0.1) is 40.4 Å². The molecule has 0 amide bonds. The van der Waals surface area contributed by atoms with Crippen molar-refractivity contribution in [1.82, 2.24) is 0 Å². The highest BCUT2D eigenvalue weighted by Crippen LogP contribution is 2.67. The second-order valence-corrected chi connectivity index (χ2v) is 9.70. The number of carbonyl (C=O) groups is 1. The topological polar surface area (TPSA) is 43.1 Å². The first-order valence-corrected chi connectivity index (χ1v) is 10.1. The van der Waals surface area contributed by atoms with Gasteiger partial charge in [-0.3, -0.25) is 4.79 Å². The summed E-state index contributed by atoms with van der Waals surface area (Å²) < 4.78 is 0. The molecule has 0 aromatic rings. The summed E-state index contributed by atoms with van der Waals surface area (Å²) in [5.74, 6) is 3.69. The van der Waals surface area contributed by atoms with Crippen molar-refractivity contribution in [2.24, 2.45) is 46.2 Å². The number of hydrogen-bond acceptors (Lipinski definition) is 2. The molecule has 0 aromatic heterocycles. The number of ketones is 1. The second kappa shape index (κ2) is 5.67. The van der Waals surface area contributed by atoms with Crippen molar-refractivity contribution in [3.63, 3.8) is 0 Å². The van der Waals surface area contributed by atoms with Crippen LogP contribution in [0.3, 0.4) is 0 Å². The molecule has 25 heavy (non-hydrogen) atoms. The SMILES string of the molecule is C=C(CN)C1C(C)CC2C3CCC4=CC(=O)C=CC4(C)C3CCC21C. The number of allylic oxidation sites excluding steroid dienone is 4. The molecule has 0 bridgehead atoms. The first-order chi connectivity index (χ1) is 11.8. The van der Waals surface area contributed by atoms with Crippen molar-refractivity contribution in [3.8, 4) is 0 Å². The zero-order valence-corrected chi connectivity index (χ0v) is 16.1. The van der Waals surface area contributed by atoms with E-state index in [0.29, 0.717) is 29.7 Å². The van der Waals surface area contributed by atoms with Crippen LogP contribution in [-0.2, 0) is 4.79 Å². The van der Waals surface area contributed by atoms with Crippen molar-refractivity contribution in [3.05, 3.63) is 36.0 Å². The lowest BCUT2D eigenvalue weighted by molar-refractivity contribution is -0.111. The molecule has 7 unspecified atom stereocenters. The zero-order valence-electron chi connectivity index (χ0n) is 16.1. The monoisotopic (exact) mass is 339 g/mol. The van der Waals surface area contributed by atoms with E-state index in [-0.39, 0.29) is 11.2 Å². The molecule has 0 aliphatic heterocycles. The van der Waals surface area contributed by atoms with Gasteiger partial charge in [0.1, 0.15) is 0 Å². The van der Waals surface area contributed by atoms with Crippen LogP contribution in [-0.4, -0.2) is 12.3 Å². The summed E-state index contributed by atoms with van der Waals surface area (Å²) in [6, 6.07) is 0. The van der Waals surface area contributed by atoms with E-state index in [1.54, 1.807) is 0 Å². The van der Waals surface area contributed by atoms with Gasteiger partial charge in [-0.25, -0.2) is 0 Å². The number of carbonyl (C=O) groups excluding carboxylic acids is 1. The van der Waals surface area contributed by atoms with Crippen molar-refractivity contribution in [1.29, 1.82) is 0 Å². The van der Waals surface area contributed by atoms with Crippen molar-refractivity contribution >= 4 is 5.78 Å². The minimum absolute atomic E-state index is 0.102. The summed E-state index contributed by atoms with van der Waals surface area (Å²) in [6.45, 7) is 12.3. The first kappa shape index (κ1) is 17.3. The minimum atomic E-state index is 0.102. The molecule has 4 aliphatic carbocycles. The lowest BCUT2D eigenvalue weighted by atomic mass is 9.47. The number of hydrogen-bond donors (Lipinski definition) is 1. The summed E-state index contributed by atoms with van der Waals surface area (Å²) in [5.41, 5.74) is 9.12. The Balaban J connectivity index is 1.68. The molecule has 0 saturated heterocycles. The van der Waals surface area contributed by atoms with Crippen LogP contribution < -0.4 is 5.73 Å². The Morgan fingerprint density at radius 1 is 1.32 bits per heavy atom. The lowest BCUT2D eigenvalue weighted by Gasteiger charge is -2.57. The molecule has 0 aromatic carbocycles. The Kier molecular flexibility index (Phi) is 3.92. The molecule has 0 heterocycles. The predicted molar refractivity (Wildman–Crippen MR) is 103 cm³/mol. The van der Waals surface area contributed by atoms with E-state index in [0.717, 1.165) is 18.3 Å². The molecule has 3 saturated carbocycles. The average Bonchev–Trinajstić information content (AvgIpc) is 2.85. The maximum Gasteiger partial charge on any atom is 0.178 e. The number of fused-ring (bicyclic) bond motifs is 5. The van der Waals surface area contributed by atoms with Gasteiger partial charge >= 0.3 is 0 Å². The highest BCUT2D eigenvalue weighted by molar-refractivity contribution is 6.01. The Hall–Kier alpha value is -1.15. The molecule has 0 spiro atoms. The van der Waals surface area contributed by atoms with Gasteiger partial charge in [-0.05, 0) is 79.3 Å². The van der Waals surface area contributed by atoms with Crippen molar-refractivity contribution < 1.29 is 4.79 Å². The molecule has 3 fully saturated rings. The average molecular weight is 340 g/mol. The van der Waals surface area contributed by atoms with Crippen molar-refractivity contribution in [2.75, 3.05) is 6.54 Å². The number of rotatable bonds is 2. The van der Waals surface area contributed by atoms with Crippen LogP contribution in [0.4, 0.5) is 0 Å². The normalized spacial score (nSPS) is 48.4. The fraction of sp³-hybridized carbons (Fsp3) is 0.696. The Morgan fingerprint density at radius 3 is 2.80 bits per heavy atom. The molecule has 2 heteroatoms. The molecule has 4 aliphatic rings. The molecule has 136 valence electrons. The quantitative estimate of drug-likeness (QED) is 0.743. The molecule has 0 radical (unpaired) electrons. The fourth-order valence-corrected chi connectivity index (χ4v) is 7.56. The minimum Gasteiger partial charge on any atom is -0.327 e. The zero-order chi connectivity index (χ0) is 18.0. The Morgan fingerprint density at radius 2 is 2.08 bits per heavy atom. The molecule has 2 nitrogen and oxygen atoms in total. The van der Waals surface area contributed by atoms with Crippen molar-refractivity contribution in [2.45, 2.75) is 52.9 Å². The van der Waals surface area contributed by atoms with Gasteiger partial charge in [0.2, 0.25) is 0 Å². The highest BCUT2D eigenvalue weighted by atomic mass is 16.1. The van der Waals surface area contributed by atoms with Gasteiger partial charge in [-0.15, -0.1) is 0 Å². The van der Waals surface area contributed by atoms with E-state index in [9.17, 15) is 4.79 Å². The lowest BCUT2D eigenvalue weighted by Crippen LogP contribution is -2.49. The maximum absolute atomic E-state index is 11.9. The molecule has 2 N–H and O–H groups in total. The van der Waals surface area contributed by atoms with Gasteiger partial charge in [0.25, 0.3) is 0 Å². The summed E-state index contributed by atoms with van der Waals surface area (Å²) in [6.07, 6.45) is 12.2. The van der Waals surface area contributed by atoms with Crippen LogP contribution in [0.2, 0.25) is 0 Å². The third-order valence-electron chi connectivity index (χ3n) is 8.60. The van der Waals surface area contributed by atoms with Gasteiger partial charge in [0.15, 0.2) is 5.78 Å². The fourth-order valence-electron chi connectivity index (χ4n) is 7.56. The Bertz CT molecular complexity index is 674. The van der Waals surface area contributed by atoms with E-state index in [1.165, 1.54) is 36.8 Å². The van der Waals surface area contributed by atoms with E-state index in [4.69, 9.17) is 5.73 Å². The summed E-state index contributed by atoms with van der Waals surface area (Å²) >= 11 is 0. The second-order valence-electron chi connectivity index (χ2n) is 9.70. The molecule has 4 rings (SSSR count). The summed E-state index contributed by atoms with van der Waals surface area (Å²) in [4.78, 5) is 11.9. The predicted octanol–water partition coefficient (Wildman–Crippen LogP) is 4.67. The van der Waals surface area contributed by atoms with Crippen LogP contribution in [0.1, 0.15) is 52.9 Å². The molecular formula is C23H33NO. The third-order valence-corrected chi connectivity index (χ3v) is 8.60. The standard InChI is InChI=1S/C23H33NO/c1-14-11-20-18-6-5-16-12-17(25)7-9-22(16,3)19(18)8-10-23(20,4)21(14)15(2)13-24/h7,9,12,14,18-21H,2,5-6,8,10-11,13,24H2,1,3-4H3. The van der Waals surface area contributed by atoms with Crippen LogP contribution >= 0.6 is 0 Å². The third kappa shape index (κ3) is 2.29. The van der Waals surface area contributed by atoms with E-state index < -0.39 is 0 Å². The Labute approximate surface area is 152 Å². The highest BCUT2D eigenvalue weighted by Gasteiger charge is 2.60. The summed E-state index contributed by atoms with van der Waals surface area (Å²) in [5, 5.41) is 0. The van der Waals surface area contributed by atoms with E-state index in [2.05, 4.69) is 33.4 Å². The van der Waals surface area contributed by atoms with Crippen LogP contribution in [0.15, 0.2) is 36.0 Å². The van der Waals surface area contributed by atoms with Crippen LogP contribution in [0.5, 0.6) is 0 Å². The maximum atomic E-state index is 11.9. The van der Waals surface area contributed by atoms with Crippen LogP contribution in [0.25, 0.3) is 0 Å². The largest absolute Gasteiger partial charge is 0.327 e. The van der Waals surface area contributed by atoms with Gasteiger partial charge < -0.3 is 5.73 Å². The smallest absolute Gasteiger partial charge is 0.178 e. The van der Waals surface area contributed by atoms with E-state index >= 15 is 0 Å². The van der Waals surface area contributed by atoms with Gasteiger partial charge in [0.05, 0.1) is 0 Å². The molecule has 7 atom stereocenters. The van der Waals surface area contributed by atoms with Gasteiger partial charge in [-0.2, -0.15) is 0 Å². The summed E-state index contributed by atoms with van der Waals surface area (Å²) in [7, 11) is 0. The van der Waals surface area contributed by atoms with Gasteiger partial charge in [-0.1, -0.05) is 44.6 Å². The first-order valence-electron chi connectivity index (χ1n) is 10.1. The molecular weight excluding hydrogens is 306 g/mol.